The molecule has 0 bridgehead atoms. The van der Waals surface area contributed by atoms with Gasteiger partial charge in [0.2, 0.25) is 5.91 Å². The van der Waals surface area contributed by atoms with Crippen molar-refractivity contribution in [2.24, 2.45) is 12.0 Å². The number of fused-ring (bicyclic) bond motifs is 1. The number of amides is 1. The van der Waals surface area contributed by atoms with Crippen LogP contribution in [0.25, 0.3) is 10.2 Å². The predicted octanol–water partition coefficient (Wildman–Crippen LogP) is 3.25. The highest BCUT2D eigenvalue weighted by Crippen LogP contribution is 2.29. The number of benzene rings is 2. The zero-order valence-electron chi connectivity index (χ0n) is 17.3. The van der Waals surface area contributed by atoms with Crippen LogP contribution in [0.2, 0.25) is 0 Å². The van der Waals surface area contributed by atoms with E-state index in [1.807, 2.05) is 30.7 Å². The van der Waals surface area contributed by atoms with Crippen LogP contribution >= 0.6 is 11.3 Å². The van der Waals surface area contributed by atoms with Crippen molar-refractivity contribution >= 4 is 37.3 Å². The van der Waals surface area contributed by atoms with Gasteiger partial charge < -0.3 is 14.0 Å². The normalized spacial score (nSPS) is 12.3. The zero-order valence-corrected chi connectivity index (χ0v) is 19.0. The first-order valence-corrected chi connectivity index (χ1v) is 11.8. The largest absolute Gasteiger partial charge is 0.497 e. The van der Waals surface area contributed by atoms with E-state index < -0.39 is 9.84 Å². The average Bonchev–Trinajstić information content (AvgIpc) is 3.05. The number of hydrogen-bond donors (Lipinski definition) is 0. The van der Waals surface area contributed by atoms with Crippen molar-refractivity contribution in [3.05, 3.63) is 46.8 Å². The van der Waals surface area contributed by atoms with E-state index in [-0.39, 0.29) is 29.4 Å². The Morgan fingerprint density at radius 2 is 1.80 bits per heavy atom. The summed E-state index contributed by atoms with van der Waals surface area (Å²) < 4.78 is 38.2. The Morgan fingerprint density at radius 1 is 1.10 bits per heavy atom. The zero-order chi connectivity index (χ0) is 21.9. The summed E-state index contributed by atoms with van der Waals surface area (Å²) in [7, 11) is 1.49. The van der Waals surface area contributed by atoms with E-state index in [1.54, 1.807) is 19.2 Å². The minimum atomic E-state index is -3.47. The summed E-state index contributed by atoms with van der Waals surface area (Å²) in [6.45, 7) is 1.99. The lowest BCUT2D eigenvalue weighted by molar-refractivity contribution is -0.118. The van der Waals surface area contributed by atoms with Gasteiger partial charge in [-0.25, -0.2) is 8.42 Å². The van der Waals surface area contributed by atoms with Crippen LogP contribution in [0.15, 0.2) is 46.3 Å². The molecule has 1 aromatic heterocycles. The van der Waals surface area contributed by atoms with Crippen LogP contribution in [0.4, 0.5) is 0 Å². The SMILES string of the molecule is COc1ccc(S(=O)(=O)CCCC(=O)N=c2sc3c(C)ccc(OC)c3n2C)cc1. The van der Waals surface area contributed by atoms with Crippen LogP contribution in [0, 0.1) is 6.92 Å². The van der Waals surface area contributed by atoms with Gasteiger partial charge in [-0.05, 0) is 49.2 Å². The highest BCUT2D eigenvalue weighted by molar-refractivity contribution is 7.91. The summed E-state index contributed by atoms with van der Waals surface area (Å²) in [4.78, 5) is 17.3. The van der Waals surface area contributed by atoms with Gasteiger partial charge >= 0.3 is 0 Å². The molecule has 0 saturated carbocycles. The maximum absolute atomic E-state index is 12.5. The Morgan fingerprint density at radius 3 is 2.43 bits per heavy atom. The van der Waals surface area contributed by atoms with E-state index >= 15 is 0 Å². The summed E-state index contributed by atoms with van der Waals surface area (Å²) in [5, 5.41) is 0. The highest BCUT2D eigenvalue weighted by Gasteiger charge is 2.16. The van der Waals surface area contributed by atoms with Crippen molar-refractivity contribution in [2.45, 2.75) is 24.7 Å². The summed E-state index contributed by atoms with van der Waals surface area (Å²) in [6.07, 6.45) is 0.257. The number of carbonyl (C=O) groups is 1. The highest BCUT2D eigenvalue weighted by atomic mass is 32.2. The number of carbonyl (C=O) groups excluding carboxylic acids is 1. The smallest absolute Gasteiger partial charge is 0.248 e. The van der Waals surface area contributed by atoms with Crippen LogP contribution in [0.3, 0.4) is 0 Å². The Hall–Kier alpha value is -2.65. The molecule has 0 aliphatic heterocycles. The van der Waals surface area contributed by atoms with Crippen LogP contribution in [0.5, 0.6) is 11.5 Å². The molecule has 2 aromatic carbocycles. The van der Waals surface area contributed by atoms with Gasteiger partial charge in [0.1, 0.15) is 17.0 Å². The van der Waals surface area contributed by atoms with Crippen LogP contribution < -0.4 is 14.3 Å². The molecular weight excluding hydrogens is 424 g/mol. The lowest BCUT2D eigenvalue weighted by atomic mass is 10.2. The van der Waals surface area contributed by atoms with Crippen molar-refractivity contribution in [3.63, 3.8) is 0 Å². The van der Waals surface area contributed by atoms with Gasteiger partial charge in [-0.2, -0.15) is 4.99 Å². The van der Waals surface area contributed by atoms with Crippen molar-refractivity contribution < 1.29 is 22.7 Å². The van der Waals surface area contributed by atoms with Crippen molar-refractivity contribution in [3.8, 4) is 11.5 Å². The van der Waals surface area contributed by atoms with E-state index in [0.717, 1.165) is 15.8 Å². The molecule has 160 valence electrons. The van der Waals surface area contributed by atoms with Crippen molar-refractivity contribution in [1.29, 1.82) is 0 Å². The second kappa shape index (κ2) is 9.01. The van der Waals surface area contributed by atoms with E-state index in [4.69, 9.17) is 9.47 Å². The maximum atomic E-state index is 12.5. The monoisotopic (exact) mass is 448 g/mol. The average molecular weight is 449 g/mol. The molecule has 3 rings (SSSR count). The lowest BCUT2D eigenvalue weighted by Crippen LogP contribution is -2.14. The van der Waals surface area contributed by atoms with Crippen LogP contribution in [0.1, 0.15) is 18.4 Å². The third kappa shape index (κ3) is 4.57. The fourth-order valence-corrected chi connectivity index (χ4v) is 5.53. The number of thiazole rings is 1. The minimum Gasteiger partial charge on any atom is -0.497 e. The number of ether oxygens (including phenoxy) is 2. The third-order valence-corrected chi connectivity index (χ3v) is 7.85. The van der Waals surface area contributed by atoms with E-state index in [1.165, 1.54) is 30.6 Å². The summed E-state index contributed by atoms with van der Waals surface area (Å²) in [5.74, 6) is 0.838. The quantitative estimate of drug-likeness (QED) is 0.554. The number of methoxy groups -OCH3 is 2. The molecule has 7 nitrogen and oxygen atoms in total. The van der Waals surface area contributed by atoms with Gasteiger partial charge in [0.25, 0.3) is 0 Å². The Bertz CT molecular complexity index is 1240. The maximum Gasteiger partial charge on any atom is 0.248 e. The Balaban J connectivity index is 1.73. The summed E-state index contributed by atoms with van der Waals surface area (Å²) in [5.41, 5.74) is 1.96. The molecule has 0 aliphatic carbocycles. The fraction of sp³-hybridized carbons (Fsp3) is 0.333. The number of sulfone groups is 1. The molecule has 1 amide bonds. The summed E-state index contributed by atoms with van der Waals surface area (Å²) >= 11 is 1.41. The van der Waals surface area contributed by atoms with Gasteiger partial charge in [0.15, 0.2) is 14.6 Å². The first-order chi connectivity index (χ1) is 14.3. The Kier molecular flexibility index (Phi) is 6.62. The molecule has 3 aromatic rings. The van der Waals surface area contributed by atoms with Crippen LogP contribution in [-0.2, 0) is 21.7 Å². The van der Waals surface area contributed by atoms with E-state index in [9.17, 15) is 13.2 Å². The number of aromatic nitrogens is 1. The van der Waals surface area contributed by atoms with Crippen molar-refractivity contribution in [2.75, 3.05) is 20.0 Å². The molecule has 0 aliphatic rings. The number of nitrogens with zero attached hydrogens (tertiary/aromatic N) is 2. The first-order valence-electron chi connectivity index (χ1n) is 9.34. The van der Waals surface area contributed by atoms with Gasteiger partial charge in [0, 0.05) is 13.5 Å². The molecule has 30 heavy (non-hydrogen) atoms. The standard InChI is InChI=1S/C21H24N2O5S2/c1-14-7-12-17(28-4)19-20(14)29-21(23(19)2)22-18(24)6-5-13-30(25,26)16-10-8-15(27-3)9-11-16/h7-12H,5-6,13H2,1-4H3. The van der Waals surface area contributed by atoms with Gasteiger partial charge in [-0.15, -0.1) is 0 Å². The Labute approximate surface area is 179 Å². The topological polar surface area (TPSA) is 87.0 Å². The first kappa shape index (κ1) is 22.0. The van der Waals surface area contributed by atoms with Crippen molar-refractivity contribution in [1.82, 2.24) is 4.57 Å². The minimum absolute atomic E-state index is 0.0553. The van der Waals surface area contributed by atoms with Gasteiger partial charge in [-0.3, -0.25) is 4.79 Å². The fourth-order valence-electron chi connectivity index (χ4n) is 3.10. The molecule has 0 saturated heterocycles. The second-order valence-electron chi connectivity index (χ2n) is 6.81. The second-order valence-corrected chi connectivity index (χ2v) is 9.90. The lowest BCUT2D eigenvalue weighted by Gasteiger charge is -2.05. The number of rotatable bonds is 7. The predicted molar refractivity (Wildman–Crippen MR) is 117 cm³/mol. The van der Waals surface area contributed by atoms with Gasteiger partial charge in [0.05, 0.1) is 29.6 Å². The summed E-state index contributed by atoms with van der Waals surface area (Å²) in [6, 6.07) is 10.1. The third-order valence-electron chi connectivity index (χ3n) is 4.77. The molecule has 0 unspecified atom stereocenters. The molecule has 0 fully saturated rings. The number of aryl methyl sites for hydroxylation is 2. The number of hydrogen-bond acceptors (Lipinski definition) is 6. The van der Waals surface area contributed by atoms with Gasteiger partial charge in [-0.1, -0.05) is 17.4 Å². The molecular formula is C21H24N2O5S2. The van der Waals surface area contributed by atoms with Crippen LogP contribution in [-0.4, -0.2) is 38.9 Å². The molecule has 0 N–H and O–H groups in total. The molecule has 0 radical (unpaired) electrons. The van der Waals surface area contributed by atoms with E-state index in [0.29, 0.717) is 16.3 Å². The molecule has 1 heterocycles. The van der Waals surface area contributed by atoms with E-state index in [2.05, 4.69) is 4.99 Å². The molecule has 9 heteroatoms. The molecule has 0 atom stereocenters. The molecule has 0 spiro atoms.